The zero-order valence-electron chi connectivity index (χ0n) is 15.5. The molecule has 0 saturated heterocycles. The molecule has 4 aromatic rings. The molecule has 5 nitrogen and oxygen atoms in total. The third-order valence-electron chi connectivity index (χ3n) is 4.26. The monoisotopic (exact) mass is 408 g/mol. The Balaban J connectivity index is 1.42. The summed E-state index contributed by atoms with van der Waals surface area (Å²) in [6, 6.07) is 16.2. The average molecular weight is 409 g/mol. The largest absolute Gasteiger partial charge is 0.311 e. The minimum absolute atomic E-state index is 0.00730. The highest BCUT2D eigenvalue weighted by Gasteiger charge is 2.14. The third kappa shape index (κ3) is 4.37. The summed E-state index contributed by atoms with van der Waals surface area (Å²) >= 11 is 3.17. The van der Waals surface area contributed by atoms with Gasteiger partial charge in [0, 0.05) is 17.9 Å². The molecule has 0 saturated carbocycles. The van der Waals surface area contributed by atoms with Crippen LogP contribution >= 0.6 is 22.7 Å². The highest BCUT2D eigenvalue weighted by Crippen LogP contribution is 2.29. The highest BCUT2D eigenvalue weighted by atomic mass is 32.1. The highest BCUT2D eigenvalue weighted by molar-refractivity contribution is 7.15. The molecule has 28 heavy (non-hydrogen) atoms. The number of hydrogen-bond donors (Lipinski definition) is 1. The van der Waals surface area contributed by atoms with E-state index in [2.05, 4.69) is 27.5 Å². The van der Waals surface area contributed by atoms with Crippen molar-refractivity contribution >= 4 is 34.4 Å². The zero-order valence-corrected chi connectivity index (χ0v) is 17.1. The van der Waals surface area contributed by atoms with Gasteiger partial charge >= 0.3 is 0 Å². The summed E-state index contributed by atoms with van der Waals surface area (Å²) in [6.07, 6.45) is 2.17. The second kappa shape index (κ2) is 8.50. The maximum absolute atomic E-state index is 12.4. The summed E-state index contributed by atoms with van der Waals surface area (Å²) in [7, 11) is 0. The molecule has 0 aliphatic carbocycles. The Labute approximate surface area is 171 Å². The first-order valence-electron chi connectivity index (χ1n) is 9.09. The van der Waals surface area contributed by atoms with Gasteiger partial charge in [-0.25, -0.2) is 4.98 Å². The summed E-state index contributed by atoms with van der Waals surface area (Å²) in [5.74, 6) is 0.654. The first-order chi connectivity index (χ1) is 13.7. The molecule has 3 heterocycles. The second-order valence-corrected chi connectivity index (χ2v) is 8.25. The molecule has 0 radical (unpaired) electrons. The number of aromatic nitrogens is 3. The van der Waals surface area contributed by atoms with Crippen molar-refractivity contribution < 1.29 is 4.79 Å². The number of thiazole rings is 1. The predicted octanol–water partition coefficient (Wildman–Crippen LogP) is 5.33. The van der Waals surface area contributed by atoms with E-state index in [0.717, 1.165) is 34.2 Å². The van der Waals surface area contributed by atoms with Gasteiger partial charge < -0.3 is 5.32 Å². The van der Waals surface area contributed by atoms with E-state index < -0.39 is 0 Å². The molecule has 0 atom stereocenters. The number of benzene rings is 1. The first kappa shape index (κ1) is 18.6. The van der Waals surface area contributed by atoms with E-state index in [1.165, 1.54) is 16.9 Å². The Hall–Kier alpha value is -2.77. The second-order valence-electron chi connectivity index (χ2n) is 6.46. The van der Waals surface area contributed by atoms with Crippen LogP contribution < -0.4 is 5.32 Å². The van der Waals surface area contributed by atoms with E-state index in [4.69, 9.17) is 0 Å². The van der Waals surface area contributed by atoms with Crippen LogP contribution in [0.2, 0.25) is 0 Å². The van der Waals surface area contributed by atoms with Crippen LogP contribution in [0.4, 0.5) is 5.82 Å². The Kier molecular flexibility index (Phi) is 5.64. The van der Waals surface area contributed by atoms with E-state index >= 15 is 0 Å². The number of aryl methyl sites for hydroxylation is 2. The number of nitrogens with zero attached hydrogens (tertiary/aromatic N) is 3. The first-order valence-corrected chi connectivity index (χ1v) is 10.9. The molecule has 0 bridgehead atoms. The van der Waals surface area contributed by atoms with E-state index in [1.54, 1.807) is 16.0 Å². The molecule has 1 aromatic carbocycles. The molecular weight excluding hydrogens is 388 g/mol. The fraction of sp³-hybridized carbons (Fsp3) is 0.190. The van der Waals surface area contributed by atoms with Crippen LogP contribution in [-0.2, 0) is 11.2 Å². The lowest BCUT2D eigenvalue weighted by Crippen LogP contribution is -2.14. The molecule has 1 N–H and O–H groups in total. The van der Waals surface area contributed by atoms with Crippen LogP contribution in [0.15, 0.2) is 59.3 Å². The third-order valence-corrected chi connectivity index (χ3v) is 5.97. The van der Waals surface area contributed by atoms with Gasteiger partial charge in [0.2, 0.25) is 11.0 Å². The summed E-state index contributed by atoms with van der Waals surface area (Å²) in [5.41, 5.74) is 3.02. The van der Waals surface area contributed by atoms with Crippen molar-refractivity contribution in [1.82, 2.24) is 14.8 Å². The van der Waals surface area contributed by atoms with Crippen LogP contribution in [0.5, 0.6) is 0 Å². The number of carbonyl (C=O) groups excluding carboxylic acids is 1. The van der Waals surface area contributed by atoms with E-state index in [-0.39, 0.29) is 5.91 Å². The Morgan fingerprint density at radius 1 is 1.14 bits per heavy atom. The number of carbonyl (C=O) groups is 1. The Bertz CT molecular complexity index is 1050. The molecule has 0 fully saturated rings. The lowest BCUT2D eigenvalue weighted by atomic mass is 10.1. The average Bonchev–Trinajstić information content (AvgIpc) is 3.43. The van der Waals surface area contributed by atoms with Gasteiger partial charge in [0.15, 0.2) is 0 Å². The summed E-state index contributed by atoms with van der Waals surface area (Å²) in [6.45, 7) is 1.91. The topological polar surface area (TPSA) is 59.8 Å². The quantitative estimate of drug-likeness (QED) is 0.450. The number of thiophene rings is 1. The van der Waals surface area contributed by atoms with Crippen molar-refractivity contribution in [1.29, 1.82) is 0 Å². The molecule has 4 rings (SSSR count). The number of nitrogens with one attached hydrogen (secondary N) is 1. The molecule has 7 heteroatoms. The van der Waals surface area contributed by atoms with Crippen LogP contribution in [0.25, 0.3) is 15.7 Å². The van der Waals surface area contributed by atoms with Crippen molar-refractivity contribution in [3.63, 3.8) is 0 Å². The standard InChI is InChI=1S/C21H20N4OS2/c1-15-13-19(23-20(26)11-5-9-16-7-3-2-4-8-16)25(24-15)21-22-17(14-28-21)18-10-6-12-27-18/h2-4,6-8,10,12-14H,5,9,11H2,1H3,(H,23,26). The molecule has 0 aliphatic rings. The van der Waals surface area contributed by atoms with Crippen LogP contribution in [0, 0.1) is 6.92 Å². The van der Waals surface area contributed by atoms with Crippen molar-refractivity contribution in [3.8, 4) is 15.7 Å². The van der Waals surface area contributed by atoms with Gasteiger partial charge in [-0.2, -0.15) is 9.78 Å². The normalized spacial score (nSPS) is 10.9. The van der Waals surface area contributed by atoms with Crippen molar-refractivity contribution in [2.75, 3.05) is 5.32 Å². The SMILES string of the molecule is Cc1cc(NC(=O)CCCc2ccccc2)n(-c2nc(-c3cccs3)cs2)n1. The smallest absolute Gasteiger partial charge is 0.225 e. The van der Waals surface area contributed by atoms with Gasteiger partial charge in [0.1, 0.15) is 5.82 Å². The lowest BCUT2D eigenvalue weighted by Gasteiger charge is -2.06. The zero-order chi connectivity index (χ0) is 19.3. The number of anilines is 1. The molecule has 0 spiro atoms. The van der Waals surface area contributed by atoms with Crippen LogP contribution in [0.1, 0.15) is 24.1 Å². The number of amides is 1. The fourth-order valence-corrected chi connectivity index (χ4v) is 4.48. The van der Waals surface area contributed by atoms with Crippen LogP contribution in [0.3, 0.4) is 0 Å². The molecule has 0 unspecified atom stereocenters. The van der Waals surface area contributed by atoms with Gasteiger partial charge in [0.25, 0.3) is 0 Å². The van der Waals surface area contributed by atoms with E-state index in [0.29, 0.717) is 12.2 Å². The Morgan fingerprint density at radius 3 is 2.79 bits per heavy atom. The summed E-state index contributed by atoms with van der Waals surface area (Å²) < 4.78 is 1.71. The molecule has 142 valence electrons. The van der Waals surface area contributed by atoms with Crippen molar-refractivity contribution in [3.05, 3.63) is 70.5 Å². The predicted molar refractivity (Wildman–Crippen MR) is 115 cm³/mol. The molecule has 1 amide bonds. The minimum atomic E-state index is -0.00730. The summed E-state index contributed by atoms with van der Waals surface area (Å²) in [4.78, 5) is 18.2. The maximum atomic E-state index is 12.4. The maximum Gasteiger partial charge on any atom is 0.225 e. The van der Waals surface area contributed by atoms with Crippen molar-refractivity contribution in [2.45, 2.75) is 26.2 Å². The van der Waals surface area contributed by atoms with E-state index in [9.17, 15) is 4.79 Å². The van der Waals surface area contributed by atoms with Gasteiger partial charge in [-0.15, -0.1) is 22.7 Å². The fourth-order valence-electron chi connectivity index (χ4n) is 2.94. The molecule has 0 aliphatic heterocycles. The Morgan fingerprint density at radius 2 is 2.00 bits per heavy atom. The van der Waals surface area contributed by atoms with Gasteiger partial charge in [-0.1, -0.05) is 36.4 Å². The van der Waals surface area contributed by atoms with Gasteiger partial charge in [0.05, 0.1) is 16.3 Å². The summed E-state index contributed by atoms with van der Waals surface area (Å²) in [5, 5.41) is 12.3. The van der Waals surface area contributed by atoms with Crippen LogP contribution in [-0.4, -0.2) is 20.7 Å². The minimum Gasteiger partial charge on any atom is -0.311 e. The van der Waals surface area contributed by atoms with Gasteiger partial charge in [-0.05, 0) is 36.8 Å². The van der Waals surface area contributed by atoms with E-state index in [1.807, 2.05) is 54.1 Å². The lowest BCUT2D eigenvalue weighted by molar-refractivity contribution is -0.116. The number of hydrogen-bond acceptors (Lipinski definition) is 5. The van der Waals surface area contributed by atoms with Gasteiger partial charge in [-0.3, -0.25) is 4.79 Å². The number of rotatable bonds is 7. The van der Waals surface area contributed by atoms with Crippen molar-refractivity contribution in [2.24, 2.45) is 0 Å². The molecule has 3 aromatic heterocycles. The molecular formula is C21H20N4OS2.